The molecule has 18 heavy (non-hydrogen) atoms. The highest BCUT2D eigenvalue weighted by atomic mass is 16.3. The molecule has 2 rings (SSSR count). The van der Waals surface area contributed by atoms with E-state index in [4.69, 9.17) is 0 Å². The highest BCUT2D eigenvalue weighted by Crippen LogP contribution is 2.40. The number of hydrogen-bond donors (Lipinski definition) is 2. The Bertz CT molecular complexity index is 500. The molecule has 1 aromatic carbocycles. The number of benzene rings is 1. The summed E-state index contributed by atoms with van der Waals surface area (Å²) in [4.78, 5) is 11.7. The first kappa shape index (κ1) is 13.1. The zero-order valence-electron chi connectivity index (χ0n) is 11.7. The van der Waals surface area contributed by atoms with Crippen LogP contribution in [0.15, 0.2) is 12.1 Å². The fourth-order valence-corrected chi connectivity index (χ4v) is 2.39. The summed E-state index contributed by atoms with van der Waals surface area (Å²) < 4.78 is 0. The number of nitrogens with one attached hydrogen (secondary N) is 1. The maximum Gasteiger partial charge on any atom is 0.231 e. The lowest BCUT2D eigenvalue weighted by Gasteiger charge is -2.27. The van der Waals surface area contributed by atoms with Crippen molar-refractivity contribution in [3.05, 3.63) is 28.8 Å². The fourth-order valence-electron chi connectivity index (χ4n) is 2.39. The number of carbonyl (C=O) groups is 1. The van der Waals surface area contributed by atoms with Crippen molar-refractivity contribution in [3.8, 4) is 0 Å². The van der Waals surface area contributed by atoms with Gasteiger partial charge in [0.05, 0.1) is 12.0 Å². The molecule has 0 radical (unpaired) electrons. The number of amides is 1. The van der Waals surface area contributed by atoms with Gasteiger partial charge in [0, 0.05) is 5.69 Å². The molecule has 1 amide bonds. The predicted octanol–water partition coefficient (Wildman–Crippen LogP) is 3.13. The molecule has 0 saturated carbocycles. The van der Waals surface area contributed by atoms with Gasteiger partial charge in [-0.1, -0.05) is 32.9 Å². The van der Waals surface area contributed by atoms with E-state index in [1.54, 1.807) is 0 Å². The molecule has 2 N–H and O–H groups in total. The minimum absolute atomic E-state index is 0.0375. The smallest absolute Gasteiger partial charge is 0.231 e. The number of fused-ring (bicyclic) bond motifs is 1. The van der Waals surface area contributed by atoms with Gasteiger partial charge in [0.25, 0.3) is 0 Å². The normalized spacial score (nSPS) is 20.6. The second-order valence-corrected chi connectivity index (χ2v) is 6.28. The van der Waals surface area contributed by atoms with Crippen LogP contribution in [0.3, 0.4) is 0 Å². The molecule has 1 heterocycles. The molecule has 0 saturated heterocycles. The summed E-state index contributed by atoms with van der Waals surface area (Å²) >= 11 is 0. The Morgan fingerprint density at radius 2 is 1.94 bits per heavy atom. The number of aliphatic hydroxyl groups excluding tert-OH is 1. The SMILES string of the molecule is Cc1cc(C(O)C(C)(C)C)cc2c1NC(=O)C2C. The first-order valence-electron chi connectivity index (χ1n) is 6.35. The van der Waals surface area contributed by atoms with E-state index in [0.717, 1.165) is 22.4 Å². The number of anilines is 1. The molecule has 0 fully saturated rings. The van der Waals surface area contributed by atoms with Gasteiger partial charge in [0.2, 0.25) is 5.91 Å². The van der Waals surface area contributed by atoms with Gasteiger partial charge in [-0.3, -0.25) is 4.79 Å². The van der Waals surface area contributed by atoms with Crippen molar-refractivity contribution in [2.75, 3.05) is 5.32 Å². The van der Waals surface area contributed by atoms with E-state index in [-0.39, 0.29) is 17.2 Å². The Morgan fingerprint density at radius 3 is 2.50 bits per heavy atom. The van der Waals surface area contributed by atoms with Crippen LogP contribution in [0.5, 0.6) is 0 Å². The third kappa shape index (κ3) is 2.03. The van der Waals surface area contributed by atoms with Crippen LogP contribution in [-0.4, -0.2) is 11.0 Å². The van der Waals surface area contributed by atoms with Crippen molar-refractivity contribution >= 4 is 11.6 Å². The Morgan fingerprint density at radius 1 is 1.33 bits per heavy atom. The van der Waals surface area contributed by atoms with Crippen LogP contribution >= 0.6 is 0 Å². The largest absolute Gasteiger partial charge is 0.388 e. The van der Waals surface area contributed by atoms with Gasteiger partial charge in [-0.2, -0.15) is 0 Å². The summed E-state index contributed by atoms with van der Waals surface area (Å²) in [5.41, 5.74) is 3.61. The predicted molar refractivity (Wildman–Crippen MR) is 72.6 cm³/mol. The first-order valence-corrected chi connectivity index (χ1v) is 6.35. The highest BCUT2D eigenvalue weighted by Gasteiger charge is 2.31. The lowest BCUT2D eigenvalue weighted by atomic mass is 9.83. The monoisotopic (exact) mass is 247 g/mol. The lowest BCUT2D eigenvalue weighted by Crippen LogP contribution is -2.18. The Balaban J connectivity index is 2.50. The van der Waals surface area contributed by atoms with Crippen molar-refractivity contribution in [2.24, 2.45) is 5.41 Å². The average Bonchev–Trinajstić information content (AvgIpc) is 2.54. The molecule has 0 bridgehead atoms. The van der Waals surface area contributed by atoms with Crippen molar-refractivity contribution in [3.63, 3.8) is 0 Å². The second-order valence-electron chi connectivity index (χ2n) is 6.28. The topological polar surface area (TPSA) is 49.3 Å². The number of rotatable bonds is 1. The summed E-state index contributed by atoms with van der Waals surface area (Å²) in [7, 11) is 0. The van der Waals surface area contributed by atoms with Gasteiger partial charge < -0.3 is 10.4 Å². The van der Waals surface area contributed by atoms with Gasteiger partial charge in [-0.15, -0.1) is 0 Å². The lowest BCUT2D eigenvalue weighted by molar-refractivity contribution is -0.116. The minimum atomic E-state index is -0.524. The Hall–Kier alpha value is -1.35. The summed E-state index contributed by atoms with van der Waals surface area (Å²) in [6.07, 6.45) is -0.524. The number of aryl methyl sites for hydroxylation is 1. The molecule has 2 atom stereocenters. The van der Waals surface area contributed by atoms with Crippen molar-refractivity contribution < 1.29 is 9.90 Å². The highest BCUT2D eigenvalue weighted by molar-refractivity contribution is 6.03. The standard InChI is InChI=1S/C15H21NO2/c1-8-6-10(13(17)15(3,4)5)7-11-9(2)14(18)16-12(8)11/h6-7,9,13,17H,1-5H3,(H,16,18). The van der Waals surface area contributed by atoms with E-state index in [0.29, 0.717) is 0 Å². The van der Waals surface area contributed by atoms with Crippen LogP contribution in [0.1, 0.15) is 56.4 Å². The number of hydrogen-bond acceptors (Lipinski definition) is 2. The van der Waals surface area contributed by atoms with Crippen LogP contribution in [0.4, 0.5) is 5.69 Å². The summed E-state index contributed by atoms with van der Waals surface area (Å²) in [6, 6.07) is 3.92. The van der Waals surface area contributed by atoms with Gasteiger partial charge in [-0.25, -0.2) is 0 Å². The van der Waals surface area contributed by atoms with Gasteiger partial charge in [-0.05, 0) is 36.0 Å². The van der Waals surface area contributed by atoms with E-state index in [9.17, 15) is 9.90 Å². The van der Waals surface area contributed by atoms with Gasteiger partial charge in [0.15, 0.2) is 0 Å². The van der Waals surface area contributed by atoms with Gasteiger partial charge >= 0.3 is 0 Å². The van der Waals surface area contributed by atoms with E-state index < -0.39 is 6.10 Å². The summed E-state index contributed by atoms with van der Waals surface area (Å²) in [6.45, 7) is 9.89. The molecule has 2 unspecified atom stereocenters. The fraction of sp³-hybridized carbons (Fsp3) is 0.533. The molecule has 0 aliphatic carbocycles. The molecule has 3 nitrogen and oxygen atoms in total. The average molecular weight is 247 g/mol. The van der Waals surface area contributed by atoms with Crippen LogP contribution in [0.25, 0.3) is 0 Å². The quantitative estimate of drug-likeness (QED) is 0.801. The van der Waals surface area contributed by atoms with Crippen LogP contribution in [0, 0.1) is 12.3 Å². The second kappa shape index (κ2) is 4.09. The van der Waals surface area contributed by atoms with Crippen molar-refractivity contribution in [1.29, 1.82) is 0 Å². The maximum absolute atomic E-state index is 11.7. The van der Waals surface area contributed by atoms with Gasteiger partial charge in [0.1, 0.15) is 0 Å². The zero-order valence-corrected chi connectivity index (χ0v) is 11.7. The molecule has 1 aliphatic rings. The van der Waals surface area contributed by atoms with Crippen LogP contribution in [0.2, 0.25) is 0 Å². The third-order valence-corrected chi connectivity index (χ3v) is 3.63. The Kier molecular flexibility index (Phi) is 2.98. The molecule has 98 valence electrons. The number of aliphatic hydroxyl groups is 1. The number of carbonyl (C=O) groups excluding carboxylic acids is 1. The molecular weight excluding hydrogens is 226 g/mol. The molecule has 3 heteroatoms. The minimum Gasteiger partial charge on any atom is -0.388 e. The van der Waals surface area contributed by atoms with E-state index in [2.05, 4.69) is 5.32 Å². The maximum atomic E-state index is 11.7. The van der Waals surface area contributed by atoms with Crippen molar-refractivity contribution in [2.45, 2.75) is 46.6 Å². The summed E-state index contributed by atoms with van der Waals surface area (Å²) in [5, 5.41) is 13.3. The molecule has 0 spiro atoms. The van der Waals surface area contributed by atoms with Crippen LogP contribution in [-0.2, 0) is 4.79 Å². The van der Waals surface area contributed by atoms with Crippen LogP contribution < -0.4 is 5.32 Å². The Labute approximate surface area is 108 Å². The summed E-state index contributed by atoms with van der Waals surface area (Å²) in [5.74, 6) is -0.0960. The van der Waals surface area contributed by atoms with E-state index >= 15 is 0 Å². The molecular formula is C15H21NO2. The van der Waals surface area contributed by atoms with E-state index in [1.165, 1.54) is 0 Å². The first-order chi connectivity index (χ1) is 8.21. The zero-order chi connectivity index (χ0) is 13.7. The third-order valence-electron chi connectivity index (χ3n) is 3.63. The molecule has 1 aromatic rings. The van der Waals surface area contributed by atoms with Crippen molar-refractivity contribution in [1.82, 2.24) is 0 Å². The molecule has 1 aliphatic heterocycles. The van der Waals surface area contributed by atoms with E-state index in [1.807, 2.05) is 46.8 Å². The molecule has 0 aromatic heterocycles.